The number of benzene rings is 2. The summed E-state index contributed by atoms with van der Waals surface area (Å²) in [5.74, 6) is 3.87. The van der Waals surface area contributed by atoms with Crippen molar-refractivity contribution in [1.82, 2.24) is 10.7 Å². The summed E-state index contributed by atoms with van der Waals surface area (Å²) >= 11 is 0. The summed E-state index contributed by atoms with van der Waals surface area (Å²) in [5.41, 5.74) is 3.84. The number of carbonyl (C=O) groups excluding carboxylic acids is 3. The van der Waals surface area contributed by atoms with E-state index < -0.39 is 11.8 Å². The molecule has 0 heterocycles. The highest BCUT2D eigenvalue weighted by Gasteiger charge is 2.13. The third-order valence-electron chi connectivity index (χ3n) is 3.44. The minimum atomic E-state index is -0.629. The Kier molecular flexibility index (Phi) is 7.04. The lowest BCUT2D eigenvalue weighted by Gasteiger charge is -2.09. The van der Waals surface area contributed by atoms with E-state index in [2.05, 4.69) is 10.6 Å². The summed E-state index contributed by atoms with van der Waals surface area (Å²) in [6.07, 6.45) is 4.89. The van der Waals surface area contributed by atoms with Crippen molar-refractivity contribution in [2.45, 2.75) is 6.92 Å². The maximum atomic E-state index is 12.4. The summed E-state index contributed by atoms with van der Waals surface area (Å²) in [6, 6.07) is 15.8. The van der Waals surface area contributed by atoms with E-state index in [0.717, 1.165) is 5.56 Å². The number of hydrazine groups is 1. The van der Waals surface area contributed by atoms with Crippen LogP contribution in [0.15, 0.2) is 72.4 Å². The molecular formula is C20H20N4O3. The van der Waals surface area contributed by atoms with Crippen molar-refractivity contribution in [2.24, 2.45) is 5.84 Å². The van der Waals surface area contributed by atoms with Crippen molar-refractivity contribution in [3.63, 3.8) is 0 Å². The van der Waals surface area contributed by atoms with Gasteiger partial charge in [0.2, 0.25) is 5.91 Å². The van der Waals surface area contributed by atoms with E-state index in [1.165, 1.54) is 13.0 Å². The Bertz CT molecular complexity index is 872. The number of carbonyl (C=O) groups is 3. The van der Waals surface area contributed by atoms with Gasteiger partial charge in [0, 0.05) is 18.2 Å². The molecule has 0 fully saturated rings. The van der Waals surface area contributed by atoms with E-state index in [0.29, 0.717) is 11.3 Å². The normalized spacial score (nSPS) is 11.1. The topological polar surface area (TPSA) is 113 Å². The smallest absolute Gasteiger partial charge is 0.281 e. The third-order valence-corrected chi connectivity index (χ3v) is 3.44. The van der Waals surface area contributed by atoms with Crippen LogP contribution >= 0.6 is 0 Å². The lowest BCUT2D eigenvalue weighted by atomic mass is 10.2. The van der Waals surface area contributed by atoms with Crippen molar-refractivity contribution in [2.75, 3.05) is 5.32 Å². The average Bonchev–Trinajstić information content (AvgIpc) is 2.67. The lowest BCUT2D eigenvalue weighted by molar-refractivity contribution is -0.118. The van der Waals surface area contributed by atoms with Crippen molar-refractivity contribution in [3.05, 3.63) is 83.6 Å². The van der Waals surface area contributed by atoms with E-state index in [9.17, 15) is 14.4 Å². The standard InChI is InChI=1S/C20H20N4O3/c1-14(25)22-17-12-10-16(11-13-17)19(26)23-18(20(27)24-21)9-5-8-15-6-3-2-4-7-15/h2-13H,21H2,1H3,(H,22,25)(H,23,26)(H,24,27). The Labute approximate surface area is 156 Å². The zero-order valence-corrected chi connectivity index (χ0v) is 14.7. The van der Waals surface area contributed by atoms with Crippen LogP contribution in [0, 0.1) is 0 Å². The number of hydrogen-bond donors (Lipinski definition) is 4. The first-order chi connectivity index (χ1) is 13.0. The number of amides is 3. The second-order valence-corrected chi connectivity index (χ2v) is 5.54. The van der Waals surface area contributed by atoms with Crippen molar-refractivity contribution in [1.29, 1.82) is 0 Å². The van der Waals surface area contributed by atoms with E-state index in [1.807, 2.05) is 35.8 Å². The summed E-state index contributed by atoms with van der Waals surface area (Å²) < 4.78 is 0. The molecule has 0 radical (unpaired) electrons. The molecule has 138 valence electrons. The fraction of sp³-hybridized carbons (Fsp3) is 0.0500. The molecule has 0 aliphatic rings. The molecule has 2 aromatic rings. The van der Waals surface area contributed by atoms with Gasteiger partial charge in [-0.15, -0.1) is 0 Å². The van der Waals surface area contributed by atoms with Crippen molar-refractivity contribution in [3.8, 4) is 0 Å². The second kappa shape index (κ2) is 9.69. The molecule has 2 aromatic carbocycles. The van der Waals surface area contributed by atoms with Gasteiger partial charge in [0.25, 0.3) is 11.8 Å². The van der Waals surface area contributed by atoms with Crippen LogP contribution in [0.2, 0.25) is 0 Å². The third kappa shape index (κ3) is 6.26. The van der Waals surface area contributed by atoms with Gasteiger partial charge in [-0.1, -0.05) is 42.5 Å². The molecule has 0 aliphatic carbocycles. The number of allylic oxidation sites excluding steroid dienone is 2. The Morgan fingerprint density at radius 1 is 0.963 bits per heavy atom. The van der Waals surface area contributed by atoms with Crippen LogP contribution in [0.25, 0.3) is 6.08 Å². The highest BCUT2D eigenvalue weighted by atomic mass is 16.2. The molecule has 5 N–H and O–H groups in total. The largest absolute Gasteiger partial charge is 0.326 e. The fourth-order valence-corrected chi connectivity index (χ4v) is 2.17. The molecule has 0 saturated carbocycles. The van der Waals surface area contributed by atoms with Gasteiger partial charge in [-0.2, -0.15) is 0 Å². The predicted molar refractivity (Wildman–Crippen MR) is 104 cm³/mol. The first-order valence-electron chi connectivity index (χ1n) is 8.13. The van der Waals surface area contributed by atoms with Crippen LogP contribution in [0.1, 0.15) is 22.8 Å². The van der Waals surface area contributed by atoms with E-state index in [-0.39, 0.29) is 11.6 Å². The number of rotatable bonds is 6. The van der Waals surface area contributed by atoms with Gasteiger partial charge < -0.3 is 10.6 Å². The predicted octanol–water partition coefficient (Wildman–Crippen LogP) is 1.96. The minimum absolute atomic E-state index is 0.000573. The van der Waals surface area contributed by atoms with Crippen LogP contribution in [-0.2, 0) is 9.59 Å². The number of nitrogens with two attached hydrogens (primary N) is 1. The summed E-state index contributed by atoms with van der Waals surface area (Å²) in [4.78, 5) is 35.3. The van der Waals surface area contributed by atoms with E-state index in [4.69, 9.17) is 5.84 Å². The number of hydrogen-bond acceptors (Lipinski definition) is 4. The Balaban J connectivity index is 2.11. The van der Waals surface area contributed by atoms with Crippen LogP contribution in [0.4, 0.5) is 5.69 Å². The zero-order valence-electron chi connectivity index (χ0n) is 14.7. The molecule has 0 bridgehead atoms. The highest BCUT2D eigenvalue weighted by Crippen LogP contribution is 2.10. The SMILES string of the molecule is CC(=O)Nc1ccc(C(=O)NC(=CC=Cc2ccccc2)C(=O)NN)cc1. The quantitative estimate of drug-likeness (QED) is 0.206. The first kappa shape index (κ1) is 19.6. The Morgan fingerprint density at radius 3 is 2.22 bits per heavy atom. The summed E-state index contributed by atoms with van der Waals surface area (Å²) in [5, 5.41) is 5.13. The van der Waals surface area contributed by atoms with E-state index >= 15 is 0 Å². The lowest BCUT2D eigenvalue weighted by Crippen LogP contribution is -2.38. The van der Waals surface area contributed by atoms with Gasteiger partial charge >= 0.3 is 0 Å². The molecule has 0 spiro atoms. The molecule has 0 aromatic heterocycles. The molecule has 0 aliphatic heterocycles. The molecule has 2 rings (SSSR count). The molecule has 0 atom stereocenters. The Hall–Kier alpha value is -3.71. The highest BCUT2D eigenvalue weighted by molar-refractivity contribution is 6.03. The van der Waals surface area contributed by atoms with Crippen LogP contribution in [-0.4, -0.2) is 17.7 Å². The molecule has 7 nitrogen and oxygen atoms in total. The minimum Gasteiger partial charge on any atom is -0.326 e. The maximum Gasteiger partial charge on any atom is 0.281 e. The maximum absolute atomic E-state index is 12.4. The molecular weight excluding hydrogens is 344 g/mol. The number of anilines is 1. The monoisotopic (exact) mass is 364 g/mol. The van der Waals surface area contributed by atoms with Gasteiger partial charge in [0.05, 0.1) is 0 Å². The second-order valence-electron chi connectivity index (χ2n) is 5.54. The molecule has 0 saturated heterocycles. The molecule has 7 heteroatoms. The molecule has 0 unspecified atom stereocenters. The summed E-state index contributed by atoms with van der Waals surface area (Å²) in [7, 11) is 0. The van der Waals surface area contributed by atoms with Crippen LogP contribution < -0.4 is 21.9 Å². The first-order valence-corrected chi connectivity index (χ1v) is 8.13. The van der Waals surface area contributed by atoms with Gasteiger partial charge in [-0.05, 0) is 35.9 Å². The zero-order chi connectivity index (χ0) is 19.6. The van der Waals surface area contributed by atoms with Gasteiger partial charge in [-0.25, -0.2) is 5.84 Å². The fourth-order valence-electron chi connectivity index (χ4n) is 2.17. The van der Waals surface area contributed by atoms with Gasteiger partial charge in [-0.3, -0.25) is 19.8 Å². The van der Waals surface area contributed by atoms with Crippen LogP contribution in [0.3, 0.4) is 0 Å². The van der Waals surface area contributed by atoms with E-state index in [1.54, 1.807) is 36.4 Å². The molecule has 3 amide bonds. The van der Waals surface area contributed by atoms with Gasteiger partial charge in [0.15, 0.2) is 0 Å². The van der Waals surface area contributed by atoms with Gasteiger partial charge in [0.1, 0.15) is 5.70 Å². The summed E-state index contributed by atoms with van der Waals surface area (Å²) in [6.45, 7) is 1.39. The Morgan fingerprint density at radius 2 is 1.63 bits per heavy atom. The molecule has 27 heavy (non-hydrogen) atoms. The van der Waals surface area contributed by atoms with Crippen LogP contribution in [0.5, 0.6) is 0 Å². The van der Waals surface area contributed by atoms with Crippen molar-refractivity contribution >= 4 is 29.5 Å². The average molecular weight is 364 g/mol. The number of nitrogens with one attached hydrogen (secondary N) is 3. The van der Waals surface area contributed by atoms with Crippen molar-refractivity contribution < 1.29 is 14.4 Å².